The molecule has 0 unspecified atom stereocenters. The lowest BCUT2D eigenvalue weighted by Gasteiger charge is -2.19. The summed E-state index contributed by atoms with van der Waals surface area (Å²) in [6.45, 7) is 11.0. The minimum Gasteiger partial charge on any atom is -0.463 e. The Kier molecular flexibility index (Phi) is 5.19. The highest BCUT2D eigenvalue weighted by molar-refractivity contribution is 7.09. The van der Waals surface area contributed by atoms with Gasteiger partial charge in [0, 0.05) is 17.0 Å². The molecule has 0 radical (unpaired) electrons. The van der Waals surface area contributed by atoms with E-state index in [1.165, 1.54) is 4.88 Å². The summed E-state index contributed by atoms with van der Waals surface area (Å²) in [6.07, 6.45) is 0. The second-order valence-electron chi connectivity index (χ2n) is 6.50. The molecule has 0 aromatic carbocycles. The fraction of sp³-hybridized carbons (Fsp3) is 0.562. The summed E-state index contributed by atoms with van der Waals surface area (Å²) in [5.41, 5.74) is 3.14. The van der Waals surface area contributed by atoms with Gasteiger partial charge in [0.15, 0.2) is 0 Å². The van der Waals surface area contributed by atoms with Gasteiger partial charge in [-0.2, -0.15) is 0 Å². The van der Waals surface area contributed by atoms with E-state index in [1.807, 2.05) is 5.51 Å². The van der Waals surface area contributed by atoms with Crippen molar-refractivity contribution in [2.45, 2.75) is 52.9 Å². The summed E-state index contributed by atoms with van der Waals surface area (Å²) in [7, 11) is 2.11. The molecule has 0 aliphatic rings. The fourth-order valence-corrected chi connectivity index (χ4v) is 2.86. The van der Waals surface area contributed by atoms with Crippen molar-refractivity contribution in [3.63, 3.8) is 0 Å². The molecule has 0 spiro atoms. The zero-order valence-corrected chi connectivity index (χ0v) is 14.4. The van der Waals surface area contributed by atoms with Crippen LogP contribution in [0.2, 0.25) is 0 Å². The van der Waals surface area contributed by atoms with Crippen LogP contribution in [-0.4, -0.2) is 22.5 Å². The van der Waals surface area contributed by atoms with E-state index >= 15 is 0 Å². The molecule has 2 heterocycles. The van der Waals surface area contributed by atoms with Crippen LogP contribution in [0.15, 0.2) is 22.1 Å². The molecule has 0 saturated heterocycles. The van der Waals surface area contributed by atoms with Gasteiger partial charge in [-0.25, -0.2) is 4.98 Å². The third kappa shape index (κ3) is 5.26. The fourth-order valence-electron chi connectivity index (χ4n) is 2.00. The minimum absolute atomic E-state index is 0.105. The van der Waals surface area contributed by atoms with Gasteiger partial charge in [0.05, 0.1) is 24.3 Å². The molecule has 21 heavy (non-hydrogen) atoms. The second kappa shape index (κ2) is 6.73. The molecule has 5 heteroatoms. The van der Waals surface area contributed by atoms with Gasteiger partial charge >= 0.3 is 0 Å². The van der Waals surface area contributed by atoms with Crippen LogP contribution in [0, 0.1) is 6.92 Å². The molecule has 2 rings (SSSR count). The van der Waals surface area contributed by atoms with Crippen molar-refractivity contribution in [1.29, 1.82) is 0 Å². The number of aryl methyl sites for hydroxylation is 1. The van der Waals surface area contributed by atoms with Gasteiger partial charge in [-0.3, -0.25) is 4.90 Å². The van der Waals surface area contributed by atoms with Crippen molar-refractivity contribution in [3.05, 3.63) is 39.7 Å². The van der Waals surface area contributed by atoms with E-state index in [0.29, 0.717) is 0 Å². The monoisotopic (exact) mass is 307 g/mol. The Balaban J connectivity index is 1.86. The minimum atomic E-state index is 0.105. The molecule has 2 aromatic heterocycles. The molecule has 0 saturated carbocycles. The Hall–Kier alpha value is -1.17. The summed E-state index contributed by atoms with van der Waals surface area (Å²) >= 11 is 1.71. The zero-order valence-electron chi connectivity index (χ0n) is 13.6. The Morgan fingerprint density at radius 3 is 2.57 bits per heavy atom. The van der Waals surface area contributed by atoms with Gasteiger partial charge < -0.3 is 9.73 Å². The number of hydrogen-bond donors (Lipinski definition) is 1. The Labute approximate surface area is 131 Å². The second-order valence-corrected chi connectivity index (χ2v) is 7.44. The Morgan fingerprint density at radius 2 is 1.95 bits per heavy atom. The highest BCUT2D eigenvalue weighted by atomic mass is 32.1. The van der Waals surface area contributed by atoms with Gasteiger partial charge in [-0.05, 0) is 46.9 Å². The molecule has 0 atom stereocenters. The molecule has 0 aliphatic heterocycles. The Bertz CT molecular complexity index is 568. The largest absolute Gasteiger partial charge is 0.463 e. The van der Waals surface area contributed by atoms with Crippen LogP contribution in [-0.2, 0) is 19.6 Å². The van der Waals surface area contributed by atoms with Crippen molar-refractivity contribution < 1.29 is 4.42 Å². The van der Waals surface area contributed by atoms with Crippen molar-refractivity contribution in [2.24, 2.45) is 0 Å². The van der Waals surface area contributed by atoms with Crippen molar-refractivity contribution in [3.8, 4) is 0 Å². The topological polar surface area (TPSA) is 41.3 Å². The standard InChI is InChI=1S/C16H25N3OS/c1-12-15(21-11-17-12)10-19(5)9-14-7-6-13(20-14)8-18-16(2,3)4/h6-7,11,18H,8-10H2,1-5H3. The van der Waals surface area contributed by atoms with Crippen molar-refractivity contribution in [2.75, 3.05) is 7.05 Å². The average molecular weight is 307 g/mol. The first-order valence-corrected chi connectivity index (χ1v) is 8.11. The average Bonchev–Trinajstić information content (AvgIpc) is 2.96. The Morgan fingerprint density at radius 1 is 1.24 bits per heavy atom. The SMILES string of the molecule is Cc1ncsc1CN(C)Cc1ccc(CNC(C)(C)C)o1. The summed E-state index contributed by atoms with van der Waals surface area (Å²) in [4.78, 5) is 7.86. The number of nitrogens with zero attached hydrogens (tertiary/aromatic N) is 2. The third-order valence-corrected chi connectivity index (χ3v) is 4.11. The first-order valence-electron chi connectivity index (χ1n) is 7.23. The molecular formula is C16H25N3OS. The van der Waals surface area contributed by atoms with Gasteiger partial charge in [-0.15, -0.1) is 11.3 Å². The van der Waals surface area contributed by atoms with Crippen LogP contribution < -0.4 is 5.32 Å². The molecular weight excluding hydrogens is 282 g/mol. The maximum absolute atomic E-state index is 5.88. The van der Waals surface area contributed by atoms with Crippen molar-refractivity contribution >= 4 is 11.3 Å². The summed E-state index contributed by atoms with van der Waals surface area (Å²) in [6, 6.07) is 4.12. The lowest BCUT2D eigenvalue weighted by atomic mass is 10.1. The third-order valence-electron chi connectivity index (χ3n) is 3.19. The van der Waals surface area contributed by atoms with E-state index in [1.54, 1.807) is 11.3 Å². The van der Waals surface area contributed by atoms with Crippen LogP contribution in [0.4, 0.5) is 0 Å². The number of rotatable bonds is 6. The number of nitrogens with one attached hydrogen (secondary N) is 1. The molecule has 2 aromatic rings. The summed E-state index contributed by atoms with van der Waals surface area (Å²) in [5.74, 6) is 1.99. The smallest absolute Gasteiger partial charge is 0.118 e. The number of furan rings is 1. The number of hydrogen-bond acceptors (Lipinski definition) is 5. The van der Waals surface area contributed by atoms with E-state index in [9.17, 15) is 0 Å². The first kappa shape index (κ1) is 16.2. The predicted octanol–water partition coefficient (Wildman–Crippen LogP) is 3.56. The van der Waals surface area contributed by atoms with E-state index in [0.717, 1.165) is 36.8 Å². The molecule has 0 aliphatic carbocycles. The number of aromatic nitrogens is 1. The highest BCUT2D eigenvalue weighted by Gasteiger charge is 2.12. The van der Waals surface area contributed by atoms with Gasteiger partial charge in [0.25, 0.3) is 0 Å². The maximum Gasteiger partial charge on any atom is 0.118 e. The summed E-state index contributed by atoms with van der Waals surface area (Å²) in [5, 5.41) is 3.43. The predicted molar refractivity (Wildman–Crippen MR) is 87.3 cm³/mol. The first-order chi connectivity index (χ1) is 9.83. The lowest BCUT2D eigenvalue weighted by molar-refractivity contribution is 0.281. The van der Waals surface area contributed by atoms with Gasteiger partial charge in [0.2, 0.25) is 0 Å². The van der Waals surface area contributed by atoms with Crippen LogP contribution in [0.3, 0.4) is 0 Å². The van der Waals surface area contributed by atoms with Crippen molar-refractivity contribution in [1.82, 2.24) is 15.2 Å². The molecule has 116 valence electrons. The van der Waals surface area contributed by atoms with E-state index in [4.69, 9.17) is 4.42 Å². The zero-order chi connectivity index (χ0) is 15.5. The van der Waals surface area contributed by atoms with E-state index in [-0.39, 0.29) is 5.54 Å². The maximum atomic E-state index is 5.88. The molecule has 0 fully saturated rings. The highest BCUT2D eigenvalue weighted by Crippen LogP contribution is 2.17. The van der Waals surface area contributed by atoms with Gasteiger partial charge in [0.1, 0.15) is 11.5 Å². The van der Waals surface area contributed by atoms with Gasteiger partial charge in [-0.1, -0.05) is 0 Å². The number of thiazole rings is 1. The molecule has 4 nitrogen and oxygen atoms in total. The molecule has 1 N–H and O–H groups in total. The van der Waals surface area contributed by atoms with Crippen LogP contribution in [0.25, 0.3) is 0 Å². The quantitative estimate of drug-likeness (QED) is 0.886. The molecule has 0 amide bonds. The van der Waals surface area contributed by atoms with E-state index in [2.05, 4.69) is 62.1 Å². The van der Waals surface area contributed by atoms with E-state index < -0.39 is 0 Å². The van der Waals surface area contributed by atoms with Crippen LogP contribution in [0.1, 0.15) is 42.9 Å². The lowest BCUT2D eigenvalue weighted by Crippen LogP contribution is -2.34. The van der Waals surface area contributed by atoms with Crippen LogP contribution >= 0.6 is 11.3 Å². The normalized spacial score (nSPS) is 12.3. The van der Waals surface area contributed by atoms with Crippen LogP contribution in [0.5, 0.6) is 0 Å². The molecule has 0 bridgehead atoms. The summed E-state index contributed by atoms with van der Waals surface area (Å²) < 4.78 is 5.88.